The van der Waals surface area contributed by atoms with E-state index >= 15 is 0 Å². The molecule has 0 aromatic carbocycles. The molecule has 0 amide bonds. The van der Waals surface area contributed by atoms with Crippen molar-refractivity contribution in [2.45, 2.75) is 63.5 Å². The minimum Gasteiger partial charge on any atom is -0.393 e. The van der Waals surface area contributed by atoms with Crippen molar-refractivity contribution in [3.63, 3.8) is 0 Å². The van der Waals surface area contributed by atoms with Crippen LogP contribution >= 0.6 is 0 Å². The van der Waals surface area contributed by atoms with Gasteiger partial charge in [-0.3, -0.25) is 0 Å². The molecule has 3 saturated carbocycles. The van der Waals surface area contributed by atoms with Gasteiger partial charge in [-0.15, -0.1) is 0 Å². The Hall–Kier alpha value is -0.0800. The van der Waals surface area contributed by atoms with Gasteiger partial charge in [-0.2, -0.15) is 0 Å². The van der Waals surface area contributed by atoms with E-state index in [-0.39, 0.29) is 6.10 Å². The molecule has 2 nitrogen and oxygen atoms in total. The van der Waals surface area contributed by atoms with Gasteiger partial charge >= 0.3 is 0 Å². The molecular formula is C14H25NO. The maximum atomic E-state index is 9.25. The zero-order valence-corrected chi connectivity index (χ0v) is 10.2. The van der Waals surface area contributed by atoms with Crippen LogP contribution in [-0.4, -0.2) is 23.8 Å². The summed E-state index contributed by atoms with van der Waals surface area (Å²) in [6.45, 7) is 1.15. The van der Waals surface area contributed by atoms with Crippen LogP contribution in [0.15, 0.2) is 0 Å². The molecule has 0 saturated heterocycles. The first-order valence-electron chi connectivity index (χ1n) is 7.22. The highest BCUT2D eigenvalue weighted by Gasteiger charge is 2.35. The molecule has 2 atom stereocenters. The molecule has 2 unspecified atom stereocenters. The Balaban J connectivity index is 1.37. The minimum atomic E-state index is 0.0115. The molecule has 0 spiro atoms. The summed E-state index contributed by atoms with van der Waals surface area (Å²) >= 11 is 0. The zero-order chi connectivity index (χ0) is 11.0. The van der Waals surface area contributed by atoms with Gasteiger partial charge in [0.1, 0.15) is 0 Å². The third kappa shape index (κ3) is 2.60. The van der Waals surface area contributed by atoms with Crippen molar-refractivity contribution in [3.05, 3.63) is 0 Å². The van der Waals surface area contributed by atoms with E-state index in [9.17, 15) is 5.11 Å². The molecule has 3 aliphatic rings. The van der Waals surface area contributed by atoms with E-state index in [4.69, 9.17) is 0 Å². The third-order valence-corrected chi connectivity index (χ3v) is 4.91. The van der Waals surface area contributed by atoms with Gasteiger partial charge in [0.05, 0.1) is 6.10 Å². The molecule has 0 aromatic rings. The highest BCUT2D eigenvalue weighted by Crippen LogP contribution is 2.43. The van der Waals surface area contributed by atoms with E-state index in [0.29, 0.717) is 0 Å². The van der Waals surface area contributed by atoms with Crippen LogP contribution in [-0.2, 0) is 0 Å². The molecule has 3 fully saturated rings. The SMILES string of the molecule is OC1CC(CNC2CCCC(C3CC3)C2)C1. The molecule has 0 aromatic heterocycles. The normalized spacial score (nSPS) is 44.1. The Kier molecular flexibility index (Phi) is 3.21. The van der Waals surface area contributed by atoms with Crippen LogP contribution in [0.2, 0.25) is 0 Å². The molecule has 2 N–H and O–H groups in total. The molecule has 3 rings (SSSR count). The smallest absolute Gasteiger partial charge is 0.0546 e. The van der Waals surface area contributed by atoms with Gasteiger partial charge in [-0.1, -0.05) is 12.8 Å². The maximum absolute atomic E-state index is 9.25. The topological polar surface area (TPSA) is 32.3 Å². The lowest BCUT2D eigenvalue weighted by molar-refractivity contribution is 0.0406. The highest BCUT2D eigenvalue weighted by molar-refractivity contribution is 4.89. The van der Waals surface area contributed by atoms with Crippen LogP contribution in [0.25, 0.3) is 0 Å². The predicted molar refractivity (Wildman–Crippen MR) is 65.2 cm³/mol. The Labute approximate surface area is 98.8 Å². The molecule has 92 valence electrons. The van der Waals surface area contributed by atoms with Crippen LogP contribution < -0.4 is 5.32 Å². The highest BCUT2D eigenvalue weighted by atomic mass is 16.3. The number of hydrogen-bond acceptors (Lipinski definition) is 2. The number of nitrogens with one attached hydrogen (secondary N) is 1. The van der Waals surface area contributed by atoms with Crippen molar-refractivity contribution in [1.29, 1.82) is 0 Å². The van der Waals surface area contributed by atoms with Crippen LogP contribution in [0.5, 0.6) is 0 Å². The van der Waals surface area contributed by atoms with E-state index in [2.05, 4.69) is 5.32 Å². The van der Waals surface area contributed by atoms with Gasteiger partial charge in [0.15, 0.2) is 0 Å². The van der Waals surface area contributed by atoms with Crippen LogP contribution in [0.3, 0.4) is 0 Å². The predicted octanol–water partition coefficient (Wildman–Crippen LogP) is 2.32. The first-order valence-corrected chi connectivity index (χ1v) is 7.22. The fraction of sp³-hybridized carbons (Fsp3) is 1.00. The summed E-state index contributed by atoms with van der Waals surface area (Å²) in [6.07, 6.45) is 10.8. The van der Waals surface area contributed by atoms with E-state index in [0.717, 1.165) is 43.2 Å². The van der Waals surface area contributed by atoms with Crippen LogP contribution in [0, 0.1) is 17.8 Å². The maximum Gasteiger partial charge on any atom is 0.0546 e. The summed E-state index contributed by atoms with van der Waals surface area (Å²) in [5.41, 5.74) is 0. The summed E-state index contributed by atoms with van der Waals surface area (Å²) in [5, 5.41) is 13.0. The average molecular weight is 223 g/mol. The van der Waals surface area contributed by atoms with E-state index in [1.54, 1.807) is 0 Å². The van der Waals surface area contributed by atoms with E-state index < -0.39 is 0 Å². The van der Waals surface area contributed by atoms with E-state index in [1.807, 2.05) is 0 Å². The summed E-state index contributed by atoms with van der Waals surface area (Å²) in [5.74, 6) is 2.89. The molecule has 2 heteroatoms. The molecular weight excluding hydrogens is 198 g/mol. The first kappa shape index (κ1) is 11.0. The molecule has 0 heterocycles. The summed E-state index contributed by atoms with van der Waals surface area (Å²) in [7, 11) is 0. The van der Waals surface area contributed by atoms with Gasteiger partial charge in [-0.25, -0.2) is 0 Å². The Bertz CT molecular complexity index is 233. The van der Waals surface area contributed by atoms with Crippen molar-refractivity contribution in [2.24, 2.45) is 17.8 Å². The van der Waals surface area contributed by atoms with Crippen molar-refractivity contribution in [3.8, 4) is 0 Å². The van der Waals surface area contributed by atoms with Crippen molar-refractivity contribution < 1.29 is 5.11 Å². The summed E-state index contributed by atoms with van der Waals surface area (Å²) in [4.78, 5) is 0. The second-order valence-corrected chi connectivity index (χ2v) is 6.36. The van der Waals surface area contributed by atoms with Crippen LogP contribution in [0.4, 0.5) is 0 Å². The molecule has 0 bridgehead atoms. The second kappa shape index (κ2) is 4.66. The monoisotopic (exact) mass is 223 g/mol. The number of aliphatic hydroxyl groups excluding tert-OH is 1. The fourth-order valence-electron chi connectivity index (χ4n) is 3.61. The van der Waals surface area contributed by atoms with E-state index in [1.165, 1.54) is 38.5 Å². The molecule has 16 heavy (non-hydrogen) atoms. The number of hydrogen-bond donors (Lipinski definition) is 2. The third-order valence-electron chi connectivity index (χ3n) is 4.91. The van der Waals surface area contributed by atoms with Crippen LogP contribution in [0.1, 0.15) is 51.4 Å². The lowest BCUT2D eigenvalue weighted by atomic mass is 9.80. The van der Waals surface area contributed by atoms with Gasteiger partial charge in [0, 0.05) is 6.04 Å². The van der Waals surface area contributed by atoms with Gasteiger partial charge in [0.25, 0.3) is 0 Å². The zero-order valence-electron chi connectivity index (χ0n) is 10.2. The largest absolute Gasteiger partial charge is 0.393 e. The second-order valence-electron chi connectivity index (χ2n) is 6.36. The average Bonchev–Trinajstić information content (AvgIpc) is 3.07. The molecule has 0 radical (unpaired) electrons. The van der Waals surface area contributed by atoms with Gasteiger partial charge < -0.3 is 10.4 Å². The standard InChI is InChI=1S/C14H25NO/c16-14-6-10(7-14)9-15-13-3-1-2-12(8-13)11-4-5-11/h10-16H,1-9H2. The molecule has 3 aliphatic carbocycles. The molecule has 0 aliphatic heterocycles. The Morgan fingerprint density at radius 3 is 2.44 bits per heavy atom. The fourth-order valence-corrected chi connectivity index (χ4v) is 3.61. The minimum absolute atomic E-state index is 0.0115. The van der Waals surface area contributed by atoms with Crippen molar-refractivity contribution in [2.75, 3.05) is 6.54 Å². The first-order chi connectivity index (χ1) is 7.81. The summed E-state index contributed by atoms with van der Waals surface area (Å²) in [6, 6.07) is 0.789. The van der Waals surface area contributed by atoms with Gasteiger partial charge in [-0.05, 0) is 62.8 Å². The number of aliphatic hydroxyl groups is 1. The quantitative estimate of drug-likeness (QED) is 0.766. The lowest BCUT2D eigenvalue weighted by Gasteiger charge is -2.35. The van der Waals surface area contributed by atoms with Gasteiger partial charge in [0.2, 0.25) is 0 Å². The Morgan fingerprint density at radius 1 is 0.938 bits per heavy atom. The van der Waals surface area contributed by atoms with Crippen molar-refractivity contribution in [1.82, 2.24) is 5.32 Å². The lowest BCUT2D eigenvalue weighted by Crippen LogP contribution is -2.42. The number of rotatable bonds is 4. The Morgan fingerprint density at radius 2 is 1.75 bits per heavy atom. The summed E-state index contributed by atoms with van der Waals surface area (Å²) < 4.78 is 0. The van der Waals surface area contributed by atoms with Crippen molar-refractivity contribution >= 4 is 0 Å².